The second kappa shape index (κ2) is 6.93. The van der Waals surface area contributed by atoms with Crippen molar-refractivity contribution in [1.29, 1.82) is 0 Å². The van der Waals surface area contributed by atoms with E-state index < -0.39 is 24.2 Å². The Labute approximate surface area is 122 Å². The Morgan fingerprint density at radius 3 is 2.14 bits per heavy atom. The van der Waals surface area contributed by atoms with Crippen LogP contribution in [0.25, 0.3) is 0 Å². The van der Waals surface area contributed by atoms with Gasteiger partial charge in [-0.1, -0.05) is 38.1 Å². The lowest BCUT2D eigenvalue weighted by Crippen LogP contribution is -2.52. The van der Waals surface area contributed by atoms with Crippen LogP contribution in [0.2, 0.25) is 0 Å². The number of ether oxygens (including phenoxy) is 1. The number of alkyl halides is 3. The van der Waals surface area contributed by atoms with Crippen LogP contribution in [0, 0.1) is 0 Å². The summed E-state index contributed by atoms with van der Waals surface area (Å²) in [6.07, 6.45) is -3.44. The molecule has 3 nitrogen and oxygen atoms in total. The monoisotopic (exact) mass is 303 g/mol. The van der Waals surface area contributed by atoms with E-state index in [0.29, 0.717) is 5.56 Å². The van der Waals surface area contributed by atoms with E-state index in [1.807, 2.05) is 6.92 Å². The lowest BCUT2D eigenvalue weighted by Gasteiger charge is -2.32. The Morgan fingerprint density at radius 2 is 1.76 bits per heavy atom. The lowest BCUT2D eigenvalue weighted by molar-refractivity contribution is -0.154. The standard InChI is InChI=1S/C15H20F3NO2/c1-4-11-6-8-12(9-7-11)14(5-2,13(20)21-3)19-10-15(16,17)18/h6-9,19H,4-5,10H2,1-3H3. The van der Waals surface area contributed by atoms with E-state index in [1.54, 1.807) is 31.2 Å². The van der Waals surface area contributed by atoms with Gasteiger partial charge in [-0.3, -0.25) is 5.32 Å². The number of carbonyl (C=O) groups is 1. The van der Waals surface area contributed by atoms with Crippen LogP contribution in [0.5, 0.6) is 0 Å². The maximum Gasteiger partial charge on any atom is 0.401 e. The summed E-state index contributed by atoms with van der Waals surface area (Å²) < 4.78 is 42.2. The molecule has 0 fully saturated rings. The minimum absolute atomic E-state index is 0.154. The van der Waals surface area contributed by atoms with Crippen LogP contribution < -0.4 is 5.32 Å². The Hall–Kier alpha value is -1.56. The molecule has 1 aromatic carbocycles. The summed E-state index contributed by atoms with van der Waals surface area (Å²) in [4.78, 5) is 12.1. The number of halogens is 3. The van der Waals surface area contributed by atoms with Gasteiger partial charge >= 0.3 is 12.1 Å². The summed E-state index contributed by atoms with van der Waals surface area (Å²) in [5.41, 5.74) is 0.0269. The molecule has 1 rings (SSSR count). The molecule has 0 amide bonds. The fourth-order valence-electron chi connectivity index (χ4n) is 2.22. The van der Waals surface area contributed by atoms with Crippen LogP contribution in [0.3, 0.4) is 0 Å². The first-order chi connectivity index (χ1) is 9.79. The van der Waals surface area contributed by atoms with Crippen molar-refractivity contribution in [2.75, 3.05) is 13.7 Å². The average Bonchev–Trinajstić information content (AvgIpc) is 2.47. The molecule has 0 saturated heterocycles. The fraction of sp³-hybridized carbons (Fsp3) is 0.533. The van der Waals surface area contributed by atoms with Crippen molar-refractivity contribution < 1.29 is 22.7 Å². The molecule has 0 radical (unpaired) electrons. The summed E-state index contributed by atoms with van der Waals surface area (Å²) in [7, 11) is 1.17. The molecule has 1 atom stereocenters. The molecule has 0 aliphatic heterocycles. The zero-order chi connectivity index (χ0) is 16.1. The van der Waals surface area contributed by atoms with Gasteiger partial charge in [-0.25, -0.2) is 4.79 Å². The van der Waals surface area contributed by atoms with E-state index in [9.17, 15) is 18.0 Å². The molecule has 1 aromatic rings. The zero-order valence-electron chi connectivity index (χ0n) is 12.4. The van der Waals surface area contributed by atoms with E-state index in [2.05, 4.69) is 5.32 Å². The highest BCUT2D eigenvalue weighted by Gasteiger charge is 2.42. The Balaban J connectivity index is 3.18. The minimum atomic E-state index is -4.40. The van der Waals surface area contributed by atoms with Gasteiger partial charge in [0, 0.05) is 0 Å². The van der Waals surface area contributed by atoms with Gasteiger partial charge in [-0.05, 0) is 24.0 Å². The van der Waals surface area contributed by atoms with E-state index in [0.717, 1.165) is 12.0 Å². The first-order valence-corrected chi connectivity index (χ1v) is 6.78. The van der Waals surface area contributed by atoms with Gasteiger partial charge in [0.1, 0.15) is 5.54 Å². The first-order valence-electron chi connectivity index (χ1n) is 6.78. The van der Waals surface area contributed by atoms with Crippen LogP contribution >= 0.6 is 0 Å². The molecule has 6 heteroatoms. The predicted octanol–water partition coefficient (Wildman–Crippen LogP) is 3.18. The summed E-state index contributed by atoms with van der Waals surface area (Å²) in [6, 6.07) is 6.95. The summed E-state index contributed by atoms with van der Waals surface area (Å²) in [5.74, 6) is -0.724. The normalized spacial score (nSPS) is 14.6. The molecule has 21 heavy (non-hydrogen) atoms. The molecular weight excluding hydrogens is 283 g/mol. The van der Waals surface area contributed by atoms with Gasteiger partial charge in [-0.2, -0.15) is 13.2 Å². The van der Waals surface area contributed by atoms with Crippen LogP contribution in [-0.2, 0) is 21.5 Å². The highest BCUT2D eigenvalue weighted by atomic mass is 19.4. The number of hydrogen-bond donors (Lipinski definition) is 1. The zero-order valence-corrected chi connectivity index (χ0v) is 12.4. The van der Waals surface area contributed by atoms with Crippen LogP contribution in [0.15, 0.2) is 24.3 Å². The smallest absolute Gasteiger partial charge is 0.401 e. The number of rotatable bonds is 6. The highest BCUT2D eigenvalue weighted by Crippen LogP contribution is 2.28. The summed E-state index contributed by atoms with van der Waals surface area (Å²) >= 11 is 0. The first kappa shape index (κ1) is 17.5. The number of carbonyl (C=O) groups excluding carboxylic acids is 1. The van der Waals surface area contributed by atoms with Gasteiger partial charge in [0.25, 0.3) is 0 Å². The Bertz CT molecular complexity index is 471. The molecule has 0 spiro atoms. The largest absolute Gasteiger partial charge is 0.467 e. The second-order valence-electron chi connectivity index (χ2n) is 4.77. The molecule has 1 N–H and O–H groups in total. The molecular formula is C15H20F3NO2. The maximum absolute atomic E-state index is 12.5. The van der Waals surface area contributed by atoms with Crippen molar-refractivity contribution in [1.82, 2.24) is 5.32 Å². The van der Waals surface area contributed by atoms with Crippen molar-refractivity contribution in [3.05, 3.63) is 35.4 Å². The number of esters is 1. The number of hydrogen-bond acceptors (Lipinski definition) is 3. The number of benzene rings is 1. The van der Waals surface area contributed by atoms with Crippen molar-refractivity contribution in [2.24, 2.45) is 0 Å². The van der Waals surface area contributed by atoms with Crippen LogP contribution in [0.1, 0.15) is 31.4 Å². The fourth-order valence-corrected chi connectivity index (χ4v) is 2.22. The van der Waals surface area contributed by atoms with Crippen molar-refractivity contribution in [3.8, 4) is 0 Å². The average molecular weight is 303 g/mol. The molecule has 0 aromatic heterocycles. The molecule has 0 saturated carbocycles. The van der Waals surface area contributed by atoms with E-state index in [4.69, 9.17) is 4.74 Å². The maximum atomic E-state index is 12.5. The Kier molecular flexibility index (Phi) is 5.78. The quantitative estimate of drug-likeness (QED) is 0.820. The Morgan fingerprint density at radius 1 is 1.19 bits per heavy atom. The SMILES string of the molecule is CCc1ccc(C(CC)(NCC(F)(F)F)C(=O)OC)cc1. The van der Waals surface area contributed by atoms with Gasteiger partial charge in [-0.15, -0.1) is 0 Å². The molecule has 0 aliphatic carbocycles. The van der Waals surface area contributed by atoms with E-state index in [-0.39, 0.29) is 6.42 Å². The predicted molar refractivity (Wildman–Crippen MR) is 73.9 cm³/mol. The third-order valence-electron chi connectivity index (χ3n) is 3.51. The van der Waals surface area contributed by atoms with Crippen LogP contribution in [-0.4, -0.2) is 25.8 Å². The topological polar surface area (TPSA) is 38.3 Å². The van der Waals surface area contributed by atoms with Crippen molar-refractivity contribution in [2.45, 2.75) is 38.4 Å². The van der Waals surface area contributed by atoms with E-state index in [1.165, 1.54) is 7.11 Å². The summed E-state index contributed by atoms with van der Waals surface area (Å²) in [5, 5.41) is 2.33. The molecule has 0 aliphatic rings. The van der Waals surface area contributed by atoms with Crippen molar-refractivity contribution >= 4 is 5.97 Å². The minimum Gasteiger partial charge on any atom is -0.467 e. The number of methoxy groups -OCH3 is 1. The highest BCUT2D eigenvalue weighted by molar-refractivity contribution is 5.82. The molecule has 0 heterocycles. The van der Waals surface area contributed by atoms with Crippen LogP contribution in [0.4, 0.5) is 13.2 Å². The number of aryl methyl sites for hydroxylation is 1. The molecule has 0 bridgehead atoms. The number of nitrogens with one attached hydrogen (secondary N) is 1. The summed E-state index contributed by atoms with van der Waals surface area (Å²) in [6.45, 7) is 2.36. The van der Waals surface area contributed by atoms with Gasteiger partial charge in [0.2, 0.25) is 0 Å². The van der Waals surface area contributed by atoms with Crippen molar-refractivity contribution in [3.63, 3.8) is 0 Å². The van der Waals surface area contributed by atoms with Gasteiger partial charge in [0.15, 0.2) is 0 Å². The lowest BCUT2D eigenvalue weighted by atomic mass is 9.86. The molecule has 118 valence electrons. The molecule has 1 unspecified atom stereocenters. The third kappa shape index (κ3) is 4.20. The second-order valence-corrected chi connectivity index (χ2v) is 4.77. The van der Waals surface area contributed by atoms with E-state index >= 15 is 0 Å². The van der Waals surface area contributed by atoms with Gasteiger partial charge < -0.3 is 4.74 Å². The third-order valence-corrected chi connectivity index (χ3v) is 3.51. The van der Waals surface area contributed by atoms with Gasteiger partial charge in [0.05, 0.1) is 13.7 Å².